The first-order valence-electron chi connectivity index (χ1n) is 9.87. The predicted molar refractivity (Wildman–Crippen MR) is 120 cm³/mol. The molecular formula is C23H20BrClN2O4. The minimum absolute atomic E-state index is 0.0608. The normalized spacial score (nSPS) is 18.4. The Morgan fingerprint density at radius 2 is 2.00 bits per heavy atom. The third kappa shape index (κ3) is 4.89. The monoisotopic (exact) mass is 502 g/mol. The number of carbonyl (C=O) groups is 2. The number of amides is 1. The van der Waals surface area contributed by atoms with Gasteiger partial charge in [0.05, 0.1) is 23.9 Å². The maximum Gasteiger partial charge on any atom is 0.255 e. The highest BCUT2D eigenvalue weighted by Crippen LogP contribution is 2.28. The summed E-state index contributed by atoms with van der Waals surface area (Å²) in [5, 5.41) is 10.6. The molecule has 0 spiro atoms. The molecule has 1 saturated heterocycles. The van der Waals surface area contributed by atoms with Gasteiger partial charge >= 0.3 is 0 Å². The number of aliphatic hydroxyl groups excluding tert-OH is 1. The topological polar surface area (TPSA) is 83.6 Å². The molecule has 3 aromatic rings. The number of Topliss-reactive ketones (excluding diaryl/α,β-unsaturated/α-hetero) is 1. The van der Waals surface area contributed by atoms with Crippen LogP contribution < -0.4 is 0 Å². The quantitative estimate of drug-likeness (QED) is 0.534. The van der Waals surface area contributed by atoms with Crippen LogP contribution in [0.4, 0.5) is 0 Å². The zero-order valence-corrected chi connectivity index (χ0v) is 18.8. The maximum atomic E-state index is 13.0. The Bertz CT molecular complexity index is 1090. The van der Waals surface area contributed by atoms with Gasteiger partial charge in [0.2, 0.25) is 0 Å². The van der Waals surface area contributed by atoms with E-state index in [1.165, 1.54) is 11.3 Å². The molecule has 0 saturated carbocycles. The van der Waals surface area contributed by atoms with Gasteiger partial charge in [-0.25, -0.2) is 4.98 Å². The summed E-state index contributed by atoms with van der Waals surface area (Å²) in [5.74, 6) is 0.328. The van der Waals surface area contributed by atoms with Gasteiger partial charge in [-0.3, -0.25) is 9.59 Å². The summed E-state index contributed by atoms with van der Waals surface area (Å²) in [6, 6.07) is 12.0. The Morgan fingerprint density at radius 1 is 1.23 bits per heavy atom. The fourth-order valence-corrected chi connectivity index (χ4v) is 4.64. The second-order valence-corrected chi connectivity index (χ2v) is 8.81. The lowest BCUT2D eigenvalue weighted by Crippen LogP contribution is -2.41. The molecule has 2 aromatic carbocycles. The van der Waals surface area contributed by atoms with E-state index in [-0.39, 0.29) is 31.1 Å². The lowest BCUT2D eigenvalue weighted by atomic mass is 10.00. The van der Waals surface area contributed by atoms with E-state index in [1.807, 2.05) is 24.3 Å². The number of halogens is 2. The van der Waals surface area contributed by atoms with Crippen LogP contribution in [-0.2, 0) is 11.2 Å². The first kappa shape index (κ1) is 21.7. The zero-order valence-electron chi connectivity index (χ0n) is 16.5. The van der Waals surface area contributed by atoms with E-state index in [1.54, 1.807) is 24.4 Å². The summed E-state index contributed by atoms with van der Waals surface area (Å²) < 4.78 is 5.84. The van der Waals surface area contributed by atoms with Crippen LogP contribution in [0.5, 0.6) is 0 Å². The van der Waals surface area contributed by atoms with Crippen molar-refractivity contribution in [3.63, 3.8) is 0 Å². The highest BCUT2D eigenvalue weighted by atomic mass is 79.9. The Kier molecular flexibility index (Phi) is 6.55. The molecule has 1 amide bonds. The number of benzene rings is 2. The summed E-state index contributed by atoms with van der Waals surface area (Å²) in [4.78, 5) is 31.4. The minimum Gasteiger partial charge on any atom is -0.444 e. The molecule has 1 aliphatic rings. The van der Waals surface area contributed by atoms with E-state index in [0.29, 0.717) is 27.2 Å². The number of β-amino-alcohol motifs (C(OH)–C–C–N with tert-alkyl or cyclic N) is 1. The second-order valence-electron chi connectivity index (χ2n) is 7.52. The van der Waals surface area contributed by atoms with E-state index in [0.717, 1.165) is 11.1 Å². The Balaban J connectivity index is 1.42. The summed E-state index contributed by atoms with van der Waals surface area (Å²) >= 11 is 9.32. The molecule has 0 unspecified atom stereocenters. The summed E-state index contributed by atoms with van der Waals surface area (Å²) in [6.45, 7) is 0.135. The van der Waals surface area contributed by atoms with Crippen molar-refractivity contribution in [2.45, 2.75) is 31.4 Å². The summed E-state index contributed by atoms with van der Waals surface area (Å²) in [5.41, 5.74) is 2.34. The van der Waals surface area contributed by atoms with E-state index in [4.69, 9.17) is 16.0 Å². The van der Waals surface area contributed by atoms with E-state index in [2.05, 4.69) is 20.9 Å². The van der Waals surface area contributed by atoms with Gasteiger partial charge < -0.3 is 14.4 Å². The van der Waals surface area contributed by atoms with Crippen molar-refractivity contribution in [2.75, 3.05) is 6.54 Å². The van der Waals surface area contributed by atoms with Crippen molar-refractivity contribution in [1.82, 2.24) is 9.88 Å². The predicted octanol–water partition coefficient (Wildman–Crippen LogP) is 4.53. The first-order chi connectivity index (χ1) is 14.9. The fraction of sp³-hybridized carbons (Fsp3) is 0.261. The Labute approximate surface area is 193 Å². The Morgan fingerprint density at radius 3 is 2.68 bits per heavy atom. The van der Waals surface area contributed by atoms with Crippen molar-refractivity contribution in [1.29, 1.82) is 0 Å². The number of hydrogen-bond acceptors (Lipinski definition) is 5. The van der Waals surface area contributed by atoms with Crippen LogP contribution in [-0.4, -0.2) is 45.4 Å². The average molecular weight is 504 g/mol. The SMILES string of the molecule is O=C(CCc1ccc(-c2cnco2)cc1)[C@@H]1C[C@@H](O)CN1C(=O)c1ccc(Cl)cc1Br. The van der Waals surface area contributed by atoms with Gasteiger partial charge in [-0.05, 0) is 46.1 Å². The molecule has 4 rings (SSSR count). The van der Waals surface area contributed by atoms with E-state index in [9.17, 15) is 14.7 Å². The minimum atomic E-state index is -0.717. The molecule has 1 aliphatic heterocycles. The van der Waals surface area contributed by atoms with Crippen molar-refractivity contribution in [3.8, 4) is 11.3 Å². The van der Waals surface area contributed by atoms with Gasteiger partial charge in [0.15, 0.2) is 17.9 Å². The molecule has 0 radical (unpaired) electrons. The van der Waals surface area contributed by atoms with Crippen LogP contribution in [0, 0.1) is 0 Å². The number of likely N-dealkylation sites (tertiary alicyclic amines) is 1. The highest BCUT2D eigenvalue weighted by molar-refractivity contribution is 9.10. The molecule has 2 atom stereocenters. The third-order valence-electron chi connectivity index (χ3n) is 5.40. The zero-order chi connectivity index (χ0) is 22.0. The molecular weight excluding hydrogens is 484 g/mol. The van der Waals surface area contributed by atoms with Gasteiger partial charge in [-0.1, -0.05) is 35.9 Å². The standard InChI is InChI=1S/C23H20BrClN2O4/c24-19-9-16(25)6-7-18(19)23(30)27-12-17(28)10-20(27)21(29)8-3-14-1-4-15(5-2-14)22-11-26-13-31-22/h1-2,4-7,9,11,13,17,20,28H,3,8,10,12H2/t17-,20+/m1/s1. The summed E-state index contributed by atoms with van der Waals surface area (Å²) in [7, 11) is 0. The lowest BCUT2D eigenvalue weighted by Gasteiger charge is -2.24. The molecule has 2 heterocycles. The van der Waals surface area contributed by atoms with Crippen molar-refractivity contribution in [2.24, 2.45) is 0 Å². The lowest BCUT2D eigenvalue weighted by molar-refractivity contribution is -0.122. The first-order valence-corrected chi connectivity index (χ1v) is 11.0. The number of nitrogens with zero attached hydrogens (tertiary/aromatic N) is 2. The van der Waals surface area contributed by atoms with Crippen LogP contribution in [0.15, 0.2) is 63.9 Å². The maximum absolute atomic E-state index is 13.0. The van der Waals surface area contributed by atoms with Gasteiger partial charge in [0, 0.05) is 34.4 Å². The smallest absolute Gasteiger partial charge is 0.255 e. The van der Waals surface area contributed by atoms with Crippen molar-refractivity contribution >= 4 is 39.2 Å². The number of aliphatic hydroxyl groups is 1. The van der Waals surface area contributed by atoms with Gasteiger partial charge in [0.25, 0.3) is 5.91 Å². The second kappa shape index (κ2) is 9.34. The van der Waals surface area contributed by atoms with Crippen LogP contribution >= 0.6 is 27.5 Å². The molecule has 160 valence electrons. The number of aromatic nitrogens is 1. The van der Waals surface area contributed by atoms with Crippen LogP contribution in [0.3, 0.4) is 0 Å². The molecule has 31 heavy (non-hydrogen) atoms. The van der Waals surface area contributed by atoms with Crippen molar-refractivity contribution in [3.05, 3.63) is 75.7 Å². The number of ketones is 1. The van der Waals surface area contributed by atoms with Crippen LogP contribution in [0.2, 0.25) is 5.02 Å². The van der Waals surface area contributed by atoms with Crippen molar-refractivity contribution < 1.29 is 19.1 Å². The van der Waals surface area contributed by atoms with Crippen LogP contribution in [0.25, 0.3) is 11.3 Å². The number of hydrogen-bond donors (Lipinski definition) is 1. The summed E-state index contributed by atoms with van der Waals surface area (Å²) in [6.07, 6.45) is 3.40. The van der Waals surface area contributed by atoms with Gasteiger partial charge in [-0.2, -0.15) is 0 Å². The fourth-order valence-electron chi connectivity index (χ4n) is 3.79. The third-order valence-corrected chi connectivity index (χ3v) is 6.30. The Hall–Kier alpha value is -2.48. The molecule has 6 nitrogen and oxygen atoms in total. The molecule has 0 bridgehead atoms. The average Bonchev–Trinajstić information content (AvgIpc) is 3.42. The molecule has 0 aliphatic carbocycles. The van der Waals surface area contributed by atoms with E-state index < -0.39 is 12.1 Å². The largest absolute Gasteiger partial charge is 0.444 e. The number of oxazole rings is 1. The molecule has 1 N–H and O–H groups in total. The molecule has 1 aromatic heterocycles. The molecule has 8 heteroatoms. The number of carbonyl (C=O) groups excluding carboxylic acids is 2. The van der Waals surface area contributed by atoms with Gasteiger partial charge in [-0.15, -0.1) is 0 Å². The number of rotatable bonds is 6. The van der Waals surface area contributed by atoms with Gasteiger partial charge in [0.1, 0.15) is 0 Å². The van der Waals surface area contributed by atoms with E-state index >= 15 is 0 Å². The molecule has 1 fully saturated rings. The highest BCUT2D eigenvalue weighted by Gasteiger charge is 2.39. The van der Waals surface area contributed by atoms with Crippen LogP contribution in [0.1, 0.15) is 28.8 Å². The number of aryl methyl sites for hydroxylation is 1.